The highest BCUT2D eigenvalue weighted by molar-refractivity contribution is 5.70. The van der Waals surface area contributed by atoms with Gasteiger partial charge in [0.15, 0.2) is 12.4 Å². The van der Waals surface area contributed by atoms with Gasteiger partial charge in [-0.3, -0.25) is 9.59 Å². The summed E-state index contributed by atoms with van der Waals surface area (Å²) >= 11 is 0. The average Bonchev–Trinajstić information content (AvgIpc) is 2.39. The molecule has 0 fully saturated rings. The molecule has 9 nitrogen and oxygen atoms in total. The summed E-state index contributed by atoms with van der Waals surface area (Å²) in [6.07, 6.45) is 101. The molecule has 0 aliphatic heterocycles. The first kappa shape index (κ1) is 94.2. The first-order chi connectivity index (χ1) is 47.6. The lowest BCUT2D eigenvalue weighted by atomic mass is 10.0. The zero-order chi connectivity index (χ0) is 70.4. The van der Waals surface area contributed by atoms with Crippen LogP contribution in [0.25, 0.3) is 0 Å². The standard InChI is InChI=1S/C88H165NO8/c1-6-8-10-12-14-16-18-20-22-24-26-28-30-32-34-36-38-40-41-42-43-44-45-47-49-51-53-55-57-59-61-63-65-67-69-71-73-75-77-79-86(91)97-84(83-96-88(87(92)93)94-81-80-89(3,4)5)82-95-85(90)78-76-74-72-70-68-66-64-62-60-58-56-54-52-50-48-46-39-37-35-33-31-29-27-25-23-21-19-17-15-13-11-9-7-2/h8,10,14,16,20,22,26,28,84,88H,6-7,9,11-13,15,17-19,21,23-25,27,29-83H2,1-5H3/b10-8-,16-14-,22-20-,28-26-. The van der Waals surface area contributed by atoms with Crippen molar-refractivity contribution >= 4 is 17.9 Å². The first-order valence-electron chi connectivity index (χ1n) is 42.8. The van der Waals surface area contributed by atoms with Crippen LogP contribution in [0.15, 0.2) is 48.6 Å². The number of allylic oxidation sites excluding steroid dienone is 8. The molecule has 0 radical (unpaired) electrons. The topological polar surface area (TPSA) is 111 Å². The second-order valence-electron chi connectivity index (χ2n) is 30.5. The number of carbonyl (C=O) groups is 3. The second kappa shape index (κ2) is 79.0. The van der Waals surface area contributed by atoms with Gasteiger partial charge in [0.25, 0.3) is 0 Å². The van der Waals surface area contributed by atoms with Gasteiger partial charge < -0.3 is 33.3 Å². The van der Waals surface area contributed by atoms with Crippen molar-refractivity contribution < 1.29 is 42.9 Å². The molecule has 0 spiro atoms. The summed E-state index contributed by atoms with van der Waals surface area (Å²) < 4.78 is 22.9. The van der Waals surface area contributed by atoms with Crippen LogP contribution in [0.2, 0.25) is 0 Å². The maximum Gasteiger partial charge on any atom is 0.306 e. The third-order valence-corrected chi connectivity index (χ3v) is 19.6. The number of ether oxygens (including phenoxy) is 4. The van der Waals surface area contributed by atoms with Gasteiger partial charge in [-0.05, 0) is 51.4 Å². The number of hydrogen-bond acceptors (Lipinski definition) is 8. The van der Waals surface area contributed by atoms with Crippen LogP contribution in [-0.2, 0) is 33.3 Å². The maximum absolute atomic E-state index is 13.0. The number of likely N-dealkylation sites (N-methyl/N-ethyl adjacent to an activating group) is 1. The number of esters is 2. The molecule has 0 bridgehead atoms. The van der Waals surface area contributed by atoms with Gasteiger partial charge in [-0.1, -0.05) is 422 Å². The first-order valence-corrected chi connectivity index (χ1v) is 42.8. The number of carbonyl (C=O) groups excluding carboxylic acids is 3. The van der Waals surface area contributed by atoms with Crippen LogP contribution in [0.3, 0.4) is 0 Å². The molecule has 0 aromatic carbocycles. The zero-order valence-electron chi connectivity index (χ0n) is 65.5. The van der Waals surface area contributed by atoms with Crippen molar-refractivity contribution in [1.29, 1.82) is 0 Å². The fourth-order valence-corrected chi connectivity index (χ4v) is 13.1. The van der Waals surface area contributed by atoms with E-state index in [-0.39, 0.29) is 32.2 Å². The molecule has 0 aliphatic carbocycles. The number of carboxylic acids is 1. The molecular formula is C88H165NO8. The van der Waals surface area contributed by atoms with Gasteiger partial charge in [0, 0.05) is 12.8 Å². The summed E-state index contributed by atoms with van der Waals surface area (Å²) in [6.45, 7) is 4.73. The van der Waals surface area contributed by atoms with E-state index in [0.29, 0.717) is 17.4 Å². The molecule has 570 valence electrons. The summed E-state index contributed by atoms with van der Waals surface area (Å²) in [7, 11) is 5.96. The zero-order valence-corrected chi connectivity index (χ0v) is 65.5. The van der Waals surface area contributed by atoms with Crippen LogP contribution in [0, 0.1) is 0 Å². The minimum Gasteiger partial charge on any atom is -0.545 e. The summed E-state index contributed by atoms with van der Waals surface area (Å²) in [5, 5.41) is 11.9. The SMILES string of the molecule is CC/C=C\C/C=C\C/C=C\C/C=C\CCCCCCCCCCCCCCCCCCCCCCCCCCCCC(=O)OC(COC(=O)CCCCCCCCCCCCCCCCCCCCCCCCCCCCCCCCCCC)COC(OCC[N+](C)(C)C)C(=O)[O-]. The van der Waals surface area contributed by atoms with E-state index in [9.17, 15) is 19.5 Å². The van der Waals surface area contributed by atoms with Crippen LogP contribution >= 0.6 is 0 Å². The Balaban J connectivity index is 3.92. The fraction of sp³-hybridized carbons (Fsp3) is 0.875. The van der Waals surface area contributed by atoms with E-state index in [2.05, 4.69) is 62.5 Å². The van der Waals surface area contributed by atoms with Crippen molar-refractivity contribution in [2.24, 2.45) is 0 Å². The van der Waals surface area contributed by atoms with E-state index in [0.717, 1.165) is 64.2 Å². The molecule has 0 saturated carbocycles. The van der Waals surface area contributed by atoms with Crippen LogP contribution in [-0.4, -0.2) is 82.3 Å². The lowest BCUT2D eigenvalue weighted by Crippen LogP contribution is -2.44. The number of hydrogen-bond donors (Lipinski definition) is 0. The van der Waals surface area contributed by atoms with Crippen molar-refractivity contribution in [3.8, 4) is 0 Å². The number of rotatable bonds is 81. The molecule has 0 amide bonds. The Morgan fingerprint density at radius 3 is 0.876 bits per heavy atom. The molecule has 9 heteroatoms. The van der Waals surface area contributed by atoms with E-state index >= 15 is 0 Å². The minimum atomic E-state index is -1.62. The lowest BCUT2D eigenvalue weighted by Gasteiger charge is -2.26. The van der Waals surface area contributed by atoms with Gasteiger partial charge in [-0.2, -0.15) is 0 Å². The monoisotopic (exact) mass is 1360 g/mol. The van der Waals surface area contributed by atoms with Crippen LogP contribution in [0.1, 0.15) is 438 Å². The molecule has 0 rings (SSSR count). The summed E-state index contributed by atoms with van der Waals surface area (Å²) in [5.41, 5.74) is 0. The molecule has 0 aromatic heterocycles. The number of unbranched alkanes of at least 4 members (excludes halogenated alkanes) is 58. The molecule has 97 heavy (non-hydrogen) atoms. The maximum atomic E-state index is 13.0. The van der Waals surface area contributed by atoms with Gasteiger partial charge in [0.2, 0.25) is 0 Å². The summed E-state index contributed by atoms with van der Waals surface area (Å²) in [4.78, 5) is 37.7. The lowest BCUT2D eigenvalue weighted by molar-refractivity contribution is -0.870. The Bertz CT molecular complexity index is 1730. The molecule has 0 aromatic rings. The Kier molecular flexibility index (Phi) is 76.7. The van der Waals surface area contributed by atoms with Gasteiger partial charge in [0.05, 0.1) is 40.3 Å². The highest BCUT2D eigenvalue weighted by Crippen LogP contribution is 2.21. The predicted molar refractivity (Wildman–Crippen MR) is 417 cm³/mol. The average molecular weight is 1370 g/mol. The molecule has 0 heterocycles. The molecule has 0 N–H and O–H groups in total. The third-order valence-electron chi connectivity index (χ3n) is 19.6. The number of carboxylic acid groups (broad SMARTS) is 1. The van der Waals surface area contributed by atoms with Crippen molar-refractivity contribution in [3.63, 3.8) is 0 Å². The van der Waals surface area contributed by atoms with Crippen molar-refractivity contribution in [1.82, 2.24) is 0 Å². The Labute approximate surface area is 603 Å². The Morgan fingerprint density at radius 2 is 0.588 bits per heavy atom. The largest absolute Gasteiger partial charge is 0.545 e. The van der Waals surface area contributed by atoms with Crippen LogP contribution in [0.4, 0.5) is 0 Å². The van der Waals surface area contributed by atoms with E-state index in [1.165, 1.54) is 347 Å². The van der Waals surface area contributed by atoms with E-state index in [1.54, 1.807) is 0 Å². The fourth-order valence-electron chi connectivity index (χ4n) is 13.1. The summed E-state index contributed by atoms with van der Waals surface area (Å²) in [5.74, 6) is -2.24. The van der Waals surface area contributed by atoms with Gasteiger partial charge in [-0.15, -0.1) is 0 Å². The van der Waals surface area contributed by atoms with E-state index in [4.69, 9.17) is 18.9 Å². The quantitative estimate of drug-likeness (QED) is 0.0195. The highest BCUT2D eigenvalue weighted by Gasteiger charge is 2.22. The van der Waals surface area contributed by atoms with Crippen molar-refractivity contribution in [2.75, 3.05) is 47.5 Å². The normalized spacial score (nSPS) is 12.8. The van der Waals surface area contributed by atoms with Gasteiger partial charge in [-0.25, -0.2) is 0 Å². The predicted octanol–water partition coefficient (Wildman–Crippen LogP) is 26.3. The van der Waals surface area contributed by atoms with E-state index < -0.39 is 24.3 Å². The second-order valence-corrected chi connectivity index (χ2v) is 30.5. The van der Waals surface area contributed by atoms with Crippen LogP contribution < -0.4 is 5.11 Å². The molecule has 2 unspecified atom stereocenters. The molecular weight excluding hydrogens is 1200 g/mol. The third kappa shape index (κ3) is 80.4. The van der Waals surface area contributed by atoms with Gasteiger partial charge >= 0.3 is 11.9 Å². The molecule has 2 atom stereocenters. The van der Waals surface area contributed by atoms with Crippen molar-refractivity contribution in [2.45, 2.75) is 450 Å². The Hall–Kier alpha value is -2.75. The molecule has 0 aliphatic rings. The smallest absolute Gasteiger partial charge is 0.306 e. The number of nitrogens with zero attached hydrogens (tertiary/aromatic N) is 1. The number of aliphatic carboxylic acids is 1. The van der Waals surface area contributed by atoms with Crippen molar-refractivity contribution in [3.05, 3.63) is 48.6 Å². The summed E-state index contributed by atoms with van der Waals surface area (Å²) in [6, 6.07) is 0. The molecule has 0 saturated heterocycles. The van der Waals surface area contributed by atoms with Gasteiger partial charge in [0.1, 0.15) is 13.2 Å². The Morgan fingerprint density at radius 1 is 0.320 bits per heavy atom. The number of quaternary nitrogens is 1. The minimum absolute atomic E-state index is 0.152. The van der Waals surface area contributed by atoms with E-state index in [1.807, 2.05) is 21.1 Å². The highest BCUT2D eigenvalue weighted by atomic mass is 16.7. The van der Waals surface area contributed by atoms with Crippen LogP contribution in [0.5, 0.6) is 0 Å².